The van der Waals surface area contributed by atoms with Gasteiger partial charge in [-0.15, -0.1) is 10.2 Å². The SMILES string of the molecule is Cc1nnc(N2CC(C(=O)N3CCC4(CC3)CNC(=O)CO4)CC2=O)s1. The zero-order valence-electron chi connectivity index (χ0n) is 14.6. The van der Waals surface area contributed by atoms with Crippen LogP contribution in [0.25, 0.3) is 0 Å². The number of rotatable bonds is 2. The summed E-state index contributed by atoms with van der Waals surface area (Å²) in [5, 5.41) is 12.2. The van der Waals surface area contributed by atoms with Crippen LogP contribution in [-0.2, 0) is 19.1 Å². The average Bonchev–Trinajstić information content (AvgIpc) is 3.23. The van der Waals surface area contributed by atoms with Crippen molar-refractivity contribution in [3.05, 3.63) is 5.01 Å². The van der Waals surface area contributed by atoms with E-state index in [2.05, 4.69) is 15.5 Å². The van der Waals surface area contributed by atoms with Crippen LogP contribution < -0.4 is 10.2 Å². The van der Waals surface area contributed by atoms with E-state index in [0.717, 1.165) is 5.01 Å². The number of amides is 3. The molecule has 3 fully saturated rings. The third-order valence-corrected chi connectivity index (χ3v) is 6.19. The molecule has 3 aliphatic heterocycles. The van der Waals surface area contributed by atoms with Crippen molar-refractivity contribution in [1.29, 1.82) is 0 Å². The number of hydrogen-bond acceptors (Lipinski definition) is 7. The normalized spacial score (nSPS) is 25.7. The molecule has 3 aliphatic rings. The summed E-state index contributed by atoms with van der Waals surface area (Å²) in [5.74, 6) is -0.499. The first-order valence-corrected chi connectivity index (χ1v) is 9.57. The van der Waals surface area contributed by atoms with Gasteiger partial charge in [0.25, 0.3) is 0 Å². The molecule has 4 heterocycles. The summed E-state index contributed by atoms with van der Waals surface area (Å²) < 4.78 is 5.74. The predicted octanol–water partition coefficient (Wildman–Crippen LogP) is -0.293. The molecular formula is C16H21N5O4S. The lowest BCUT2D eigenvalue weighted by Crippen LogP contribution is -2.58. The first kappa shape index (κ1) is 17.3. The Balaban J connectivity index is 1.35. The van der Waals surface area contributed by atoms with Crippen LogP contribution in [0.4, 0.5) is 5.13 Å². The highest BCUT2D eigenvalue weighted by Gasteiger charge is 2.43. The fraction of sp³-hybridized carbons (Fsp3) is 0.688. The number of likely N-dealkylation sites (tertiary alicyclic amines) is 1. The van der Waals surface area contributed by atoms with Gasteiger partial charge in [0.2, 0.25) is 22.9 Å². The number of aromatic nitrogens is 2. The molecule has 9 nitrogen and oxygen atoms in total. The fourth-order valence-corrected chi connectivity index (χ4v) is 4.46. The van der Waals surface area contributed by atoms with Crippen LogP contribution >= 0.6 is 11.3 Å². The van der Waals surface area contributed by atoms with E-state index in [0.29, 0.717) is 44.2 Å². The maximum absolute atomic E-state index is 12.9. The Morgan fingerprint density at radius 2 is 2.08 bits per heavy atom. The first-order valence-electron chi connectivity index (χ1n) is 8.76. The molecule has 1 unspecified atom stereocenters. The maximum atomic E-state index is 12.9. The molecule has 10 heteroatoms. The Morgan fingerprint density at radius 1 is 1.31 bits per heavy atom. The van der Waals surface area contributed by atoms with Crippen molar-refractivity contribution in [2.45, 2.75) is 31.8 Å². The van der Waals surface area contributed by atoms with E-state index in [1.807, 2.05) is 11.8 Å². The monoisotopic (exact) mass is 379 g/mol. The van der Waals surface area contributed by atoms with Gasteiger partial charge in [0, 0.05) is 32.6 Å². The molecule has 0 radical (unpaired) electrons. The van der Waals surface area contributed by atoms with E-state index in [1.54, 1.807) is 4.90 Å². The fourth-order valence-electron chi connectivity index (χ4n) is 3.75. The zero-order valence-corrected chi connectivity index (χ0v) is 15.4. The van der Waals surface area contributed by atoms with Gasteiger partial charge in [-0.2, -0.15) is 0 Å². The van der Waals surface area contributed by atoms with Crippen molar-refractivity contribution >= 4 is 34.2 Å². The number of anilines is 1. The van der Waals surface area contributed by atoms with Crippen LogP contribution in [0.3, 0.4) is 0 Å². The molecule has 1 N–H and O–H groups in total. The van der Waals surface area contributed by atoms with E-state index in [9.17, 15) is 14.4 Å². The number of hydrogen-bond donors (Lipinski definition) is 1. The number of ether oxygens (including phenoxy) is 1. The van der Waals surface area contributed by atoms with Crippen molar-refractivity contribution in [2.75, 3.05) is 37.7 Å². The number of carbonyl (C=O) groups excluding carboxylic acids is 3. The molecule has 0 aromatic carbocycles. The van der Waals surface area contributed by atoms with Crippen LogP contribution in [-0.4, -0.2) is 71.2 Å². The van der Waals surface area contributed by atoms with E-state index in [-0.39, 0.29) is 42.3 Å². The largest absolute Gasteiger partial charge is 0.363 e. The minimum atomic E-state index is -0.355. The molecule has 1 spiro atoms. The van der Waals surface area contributed by atoms with Crippen LogP contribution in [0.5, 0.6) is 0 Å². The molecule has 3 amide bonds. The number of piperidine rings is 1. The third kappa shape index (κ3) is 3.18. The Bertz CT molecular complexity index is 731. The van der Waals surface area contributed by atoms with E-state index >= 15 is 0 Å². The maximum Gasteiger partial charge on any atom is 0.246 e. The highest BCUT2D eigenvalue weighted by atomic mass is 32.1. The second-order valence-corrected chi connectivity index (χ2v) is 8.24. The van der Waals surface area contributed by atoms with Crippen molar-refractivity contribution in [2.24, 2.45) is 5.92 Å². The topological polar surface area (TPSA) is 105 Å². The van der Waals surface area contributed by atoms with Gasteiger partial charge in [0.15, 0.2) is 0 Å². The van der Waals surface area contributed by atoms with Gasteiger partial charge < -0.3 is 15.0 Å². The summed E-state index contributed by atoms with van der Waals surface area (Å²) in [4.78, 5) is 39.8. The summed E-state index contributed by atoms with van der Waals surface area (Å²) in [5.41, 5.74) is -0.355. The van der Waals surface area contributed by atoms with Crippen LogP contribution in [0.15, 0.2) is 0 Å². The smallest absolute Gasteiger partial charge is 0.246 e. The molecule has 0 saturated carbocycles. The van der Waals surface area contributed by atoms with Crippen LogP contribution in [0, 0.1) is 12.8 Å². The minimum Gasteiger partial charge on any atom is -0.363 e. The number of morpholine rings is 1. The Morgan fingerprint density at radius 3 is 2.69 bits per heavy atom. The van der Waals surface area contributed by atoms with Gasteiger partial charge in [-0.1, -0.05) is 11.3 Å². The average molecular weight is 379 g/mol. The van der Waals surface area contributed by atoms with E-state index in [1.165, 1.54) is 11.3 Å². The first-order chi connectivity index (χ1) is 12.5. The quantitative estimate of drug-likeness (QED) is 0.757. The predicted molar refractivity (Wildman–Crippen MR) is 92.6 cm³/mol. The number of aryl methyl sites for hydroxylation is 1. The van der Waals surface area contributed by atoms with Crippen molar-refractivity contribution in [3.8, 4) is 0 Å². The van der Waals surface area contributed by atoms with Crippen LogP contribution in [0.2, 0.25) is 0 Å². The molecule has 140 valence electrons. The highest BCUT2D eigenvalue weighted by molar-refractivity contribution is 7.15. The Kier molecular flexibility index (Phi) is 4.39. The second kappa shape index (κ2) is 6.58. The van der Waals surface area contributed by atoms with Gasteiger partial charge in [-0.3, -0.25) is 19.3 Å². The molecular weight excluding hydrogens is 358 g/mol. The lowest BCUT2D eigenvalue weighted by Gasteiger charge is -2.44. The molecule has 1 aromatic rings. The summed E-state index contributed by atoms with van der Waals surface area (Å²) >= 11 is 1.36. The van der Waals surface area contributed by atoms with E-state index < -0.39 is 0 Å². The van der Waals surface area contributed by atoms with Crippen LogP contribution in [0.1, 0.15) is 24.3 Å². The summed E-state index contributed by atoms with van der Waals surface area (Å²) in [6.07, 6.45) is 1.60. The molecule has 0 aliphatic carbocycles. The molecule has 0 bridgehead atoms. The molecule has 1 atom stereocenters. The lowest BCUT2D eigenvalue weighted by molar-refractivity contribution is -0.155. The van der Waals surface area contributed by atoms with Gasteiger partial charge in [-0.25, -0.2) is 0 Å². The Labute approximate surface area is 154 Å². The summed E-state index contributed by atoms with van der Waals surface area (Å²) in [6, 6.07) is 0. The zero-order chi connectivity index (χ0) is 18.3. The molecule has 26 heavy (non-hydrogen) atoms. The molecule has 3 saturated heterocycles. The second-order valence-electron chi connectivity index (χ2n) is 7.08. The standard InChI is InChI=1S/C16H21N5O4S/c1-10-18-19-15(26-10)21-7-11(6-13(21)23)14(24)20-4-2-16(3-5-20)9-17-12(22)8-25-16/h11H,2-9H2,1H3,(H,17,22). The summed E-state index contributed by atoms with van der Waals surface area (Å²) in [7, 11) is 0. The highest BCUT2D eigenvalue weighted by Crippen LogP contribution is 2.31. The number of nitrogens with zero attached hydrogens (tertiary/aromatic N) is 4. The third-order valence-electron chi connectivity index (χ3n) is 5.32. The lowest BCUT2D eigenvalue weighted by atomic mass is 9.89. The van der Waals surface area contributed by atoms with Crippen molar-refractivity contribution < 1.29 is 19.1 Å². The van der Waals surface area contributed by atoms with Gasteiger partial charge in [0.05, 0.1) is 11.5 Å². The van der Waals surface area contributed by atoms with E-state index in [4.69, 9.17) is 4.74 Å². The Hall–Kier alpha value is -2.07. The minimum absolute atomic E-state index is 0.0109. The van der Waals surface area contributed by atoms with Gasteiger partial charge >= 0.3 is 0 Å². The van der Waals surface area contributed by atoms with Crippen molar-refractivity contribution in [3.63, 3.8) is 0 Å². The molecule has 1 aromatic heterocycles. The number of nitrogens with one attached hydrogen (secondary N) is 1. The van der Waals surface area contributed by atoms with Gasteiger partial charge in [-0.05, 0) is 19.8 Å². The summed E-state index contributed by atoms with van der Waals surface area (Å²) in [6.45, 7) is 3.94. The van der Waals surface area contributed by atoms with Crippen molar-refractivity contribution in [1.82, 2.24) is 20.4 Å². The van der Waals surface area contributed by atoms with Gasteiger partial charge in [0.1, 0.15) is 11.6 Å². The number of carbonyl (C=O) groups is 3. The molecule has 4 rings (SSSR count).